The van der Waals surface area contributed by atoms with E-state index in [0.29, 0.717) is 0 Å². The fourth-order valence-corrected chi connectivity index (χ4v) is 1.24. The maximum atomic E-state index is 12.4. The van der Waals surface area contributed by atoms with E-state index in [1.165, 1.54) is 14.0 Å². The normalized spacial score (nSPS) is 12.9. The third kappa shape index (κ3) is 3.28. The number of alkyl halides is 3. The molecule has 0 saturated heterocycles. The first-order chi connectivity index (χ1) is 8.25. The Balaban J connectivity index is 2.90. The van der Waals surface area contributed by atoms with Gasteiger partial charge in [0.2, 0.25) is 0 Å². The monoisotopic (exact) mass is 263 g/mol. The summed E-state index contributed by atoms with van der Waals surface area (Å²) in [6.07, 6.45) is -5.42. The predicted molar refractivity (Wildman–Crippen MR) is 58.0 cm³/mol. The fraction of sp³-hybridized carbons (Fsp3) is 0.364. The van der Waals surface area contributed by atoms with Gasteiger partial charge in [0, 0.05) is 0 Å². The van der Waals surface area contributed by atoms with Crippen molar-refractivity contribution in [1.82, 2.24) is 0 Å². The first-order valence-corrected chi connectivity index (χ1v) is 4.97. The number of hydrogen-bond acceptors (Lipinski definition) is 4. The van der Waals surface area contributed by atoms with Crippen LogP contribution in [0, 0.1) is 0 Å². The molecule has 7 heteroatoms. The summed E-state index contributed by atoms with van der Waals surface area (Å²) in [4.78, 5) is 11.1. The number of hydrogen-bond donors (Lipinski definition) is 1. The number of carbonyl (C=O) groups excluding carboxylic acids is 1. The van der Waals surface area contributed by atoms with Gasteiger partial charge < -0.3 is 15.2 Å². The molecule has 4 nitrogen and oxygen atoms in total. The molecule has 0 radical (unpaired) electrons. The minimum Gasteiger partial charge on any atom is -0.477 e. The standard InChI is InChI=1S/C11H12F3NO3/c1-6(10(16)17-2)18-9-4-3-7(5-8(9)15)11(12,13)14/h3-6H,15H2,1-2H3. The highest BCUT2D eigenvalue weighted by Gasteiger charge is 2.31. The third-order valence-electron chi connectivity index (χ3n) is 2.17. The molecule has 1 rings (SSSR count). The van der Waals surface area contributed by atoms with Crippen molar-refractivity contribution in [3.05, 3.63) is 23.8 Å². The molecule has 0 bridgehead atoms. The van der Waals surface area contributed by atoms with E-state index in [4.69, 9.17) is 10.5 Å². The number of nitrogens with two attached hydrogens (primary N) is 1. The first-order valence-electron chi connectivity index (χ1n) is 4.97. The summed E-state index contributed by atoms with van der Waals surface area (Å²) in [6.45, 7) is 1.41. The van der Waals surface area contributed by atoms with Gasteiger partial charge in [0.25, 0.3) is 0 Å². The van der Waals surface area contributed by atoms with Crippen molar-refractivity contribution in [1.29, 1.82) is 0 Å². The molecule has 100 valence electrons. The van der Waals surface area contributed by atoms with Crippen molar-refractivity contribution in [3.8, 4) is 5.75 Å². The minimum atomic E-state index is -4.47. The fourth-order valence-electron chi connectivity index (χ4n) is 1.24. The lowest BCUT2D eigenvalue weighted by atomic mass is 10.2. The second-order valence-electron chi connectivity index (χ2n) is 3.53. The molecular formula is C11H12F3NO3. The summed E-state index contributed by atoms with van der Waals surface area (Å²) < 4.78 is 46.6. The average molecular weight is 263 g/mol. The zero-order valence-electron chi connectivity index (χ0n) is 9.75. The first kappa shape index (κ1) is 14.1. The van der Waals surface area contributed by atoms with Gasteiger partial charge in [-0.3, -0.25) is 0 Å². The van der Waals surface area contributed by atoms with Crippen molar-refractivity contribution >= 4 is 11.7 Å². The highest BCUT2D eigenvalue weighted by atomic mass is 19.4. The molecule has 0 aromatic heterocycles. The van der Waals surface area contributed by atoms with Gasteiger partial charge in [-0.05, 0) is 25.1 Å². The summed E-state index contributed by atoms with van der Waals surface area (Å²) in [6, 6.07) is 2.65. The predicted octanol–water partition coefficient (Wildman–Crippen LogP) is 2.23. The third-order valence-corrected chi connectivity index (χ3v) is 2.17. The van der Waals surface area contributed by atoms with Gasteiger partial charge >= 0.3 is 12.1 Å². The van der Waals surface area contributed by atoms with Crippen LogP contribution in [0.25, 0.3) is 0 Å². The Hall–Kier alpha value is -1.92. The molecule has 1 aromatic carbocycles. The Labute approximate surface area is 101 Å². The zero-order valence-corrected chi connectivity index (χ0v) is 9.75. The summed E-state index contributed by atoms with van der Waals surface area (Å²) in [5.74, 6) is -0.643. The van der Waals surface area contributed by atoms with Crippen LogP contribution in [-0.2, 0) is 15.7 Å². The number of rotatable bonds is 3. The summed E-state index contributed by atoms with van der Waals surface area (Å²) in [5.41, 5.74) is 4.36. The number of carbonyl (C=O) groups is 1. The van der Waals surface area contributed by atoms with Crippen LogP contribution in [0.1, 0.15) is 12.5 Å². The van der Waals surface area contributed by atoms with Crippen LogP contribution < -0.4 is 10.5 Å². The van der Waals surface area contributed by atoms with E-state index < -0.39 is 23.8 Å². The van der Waals surface area contributed by atoms with E-state index in [9.17, 15) is 18.0 Å². The van der Waals surface area contributed by atoms with Crippen molar-refractivity contribution < 1.29 is 27.4 Å². The molecule has 0 saturated carbocycles. The Morgan fingerprint density at radius 2 is 2.00 bits per heavy atom. The SMILES string of the molecule is COC(=O)C(C)Oc1ccc(C(F)(F)F)cc1N. The number of nitrogen functional groups attached to an aromatic ring is 1. The van der Waals surface area contributed by atoms with E-state index in [1.807, 2.05) is 0 Å². The molecule has 0 amide bonds. The van der Waals surface area contributed by atoms with E-state index in [2.05, 4.69) is 4.74 Å². The van der Waals surface area contributed by atoms with Crippen LogP contribution in [0.15, 0.2) is 18.2 Å². The molecular weight excluding hydrogens is 251 g/mol. The van der Waals surface area contributed by atoms with E-state index in [1.54, 1.807) is 0 Å². The number of methoxy groups -OCH3 is 1. The molecule has 0 aliphatic heterocycles. The molecule has 0 aliphatic rings. The number of ether oxygens (including phenoxy) is 2. The van der Waals surface area contributed by atoms with Crippen LogP contribution in [0.5, 0.6) is 5.75 Å². The van der Waals surface area contributed by atoms with Crippen molar-refractivity contribution in [2.45, 2.75) is 19.2 Å². The number of esters is 1. The van der Waals surface area contributed by atoms with Gasteiger partial charge in [-0.25, -0.2) is 4.79 Å². The van der Waals surface area contributed by atoms with Gasteiger partial charge in [-0.1, -0.05) is 0 Å². The largest absolute Gasteiger partial charge is 0.477 e. The second-order valence-corrected chi connectivity index (χ2v) is 3.53. The number of anilines is 1. The van der Waals surface area contributed by atoms with Gasteiger partial charge in [-0.15, -0.1) is 0 Å². The van der Waals surface area contributed by atoms with Gasteiger partial charge in [0.15, 0.2) is 6.10 Å². The number of halogens is 3. The van der Waals surface area contributed by atoms with Crippen LogP contribution in [-0.4, -0.2) is 19.2 Å². The van der Waals surface area contributed by atoms with E-state index in [-0.39, 0.29) is 11.4 Å². The van der Waals surface area contributed by atoms with Crippen LogP contribution in [0.4, 0.5) is 18.9 Å². The molecule has 1 unspecified atom stereocenters. The quantitative estimate of drug-likeness (QED) is 0.671. The van der Waals surface area contributed by atoms with Crippen LogP contribution in [0.2, 0.25) is 0 Å². The summed E-state index contributed by atoms with van der Waals surface area (Å²) in [7, 11) is 1.18. The summed E-state index contributed by atoms with van der Waals surface area (Å²) >= 11 is 0. The molecule has 1 aromatic rings. The lowest BCUT2D eigenvalue weighted by molar-refractivity contribution is -0.148. The Morgan fingerprint density at radius 1 is 1.39 bits per heavy atom. The minimum absolute atomic E-state index is 0.000833. The zero-order chi connectivity index (χ0) is 13.9. The van der Waals surface area contributed by atoms with Gasteiger partial charge in [0.05, 0.1) is 18.4 Å². The van der Waals surface area contributed by atoms with Crippen LogP contribution in [0.3, 0.4) is 0 Å². The highest BCUT2D eigenvalue weighted by molar-refractivity contribution is 5.74. The lowest BCUT2D eigenvalue weighted by Crippen LogP contribution is -2.25. The molecule has 0 fully saturated rings. The average Bonchev–Trinajstić information content (AvgIpc) is 2.29. The maximum Gasteiger partial charge on any atom is 0.416 e. The van der Waals surface area contributed by atoms with Gasteiger partial charge in [0.1, 0.15) is 5.75 Å². The van der Waals surface area contributed by atoms with Gasteiger partial charge in [-0.2, -0.15) is 13.2 Å². The highest BCUT2D eigenvalue weighted by Crippen LogP contribution is 2.33. The van der Waals surface area contributed by atoms with Crippen molar-refractivity contribution in [2.75, 3.05) is 12.8 Å². The van der Waals surface area contributed by atoms with E-state index in [0.717, 1.165) is 18.2 Å². The Morgan fingerprint density at radius 3 is 2.44 bits per heavy atom. The molecule has 1 atom stereocenters. The second kappa shape index (κ2) is 5.16. The van der Waals surface area contributed by atoms with Crippen molar-refractivity contribution in [2.24, 2.45) is 0 Å². The molecule has 0 spiro atoms. The van der Waals surface area contributed by atoms with Crippen LogP contribution >= 0.6 is 0 Å². The topological polar surface area (TPSA) is 61.5 Å². The molecule has 0 aliphatic carbocycles. The molecule has 0 heterocycles. The summed E-state index contributed by atoms with van der Waals surface area (Å²) in [5, 5.41) is 0. The Kier molecular flexibility index (Phi) is 4.05. The maximum absolute atomic E-state index is 12.4. The Bertz CT molecular complexity index is 446. The molecule has 18 heavy (non-hydrogen) atoms. The lowest BCUT2D eigenvalue weighted by Gasteiger charge is -2.15. The number of benzene rings is 1. The smallest absolute Gasteiger partial charge is 0.416 e. The molecule has 2 N–H and O–H groups in total. The van der Waals surface area contributed by atoms with Crippen molar-refractivity contribution in [3.63, 3.8) is 0 Å². The van der Waals surface area contributed by atoms with E-state index >= 15 is 0 Å².